The van der Waals surface area contributed by atoms with Gasteiger partial charge in [-0.15, -0.1) is 6.58 Å². The third-order valence-electron chi connectivity index (χ3n) is 16.1. The quantitative estimate of drug-likeness (QED) is 0.0199. The summed E-state index contributed by atoms with van der Waals surface area (Å²) in [7, 11) is -1.87. The van der Waals surface area contributed by atoms with Crippen molar-refractivity contribution in [2.75, 3.05) is 26.4 Å². The number of esters is 5. The monoisotopic (exact) mass is 1330 g/mol. The fourth-order valence-corrected chi connectivity index (χ4v) is 11.8. The van der Waals surface area contributed by atoms with Gasteiger partial charge in [-0.05, 0) is 84.8 Å². The number of carbonyl (C=O) groups is 5. The normalized spacial score (nSPS) is 25.7. The maximum atomic E-state index is 14.9. The van der Waals surface area contributed by atoms with Gasteiger partial charge in [-0.3, -0.25) is 0 Å². The highest BCUT2D eigenvalue weighted by Gasteiger charge is 2.59. The van der Waals surface area contributed by atoms with E-state index in [2.05, 4.69) is 26.2 Å². The Morgan fingerprint density at radius 2 is 0.833 bits per heavy atom. The van der Waals surface area contributed by atoms with Crippen LogP contribution in [0, 0.1) is 0 Å². The second-order valence-electron chi connectivity index (χ2n) is 24.4. The van der Waals surface area contributed by atoms with Crippen LogP contribution in [0.5, 0.6) is 0 Å². The number of benzene rings is 7. The lowest BCUT2D eigenvalue weighted by Gasteiger charge is -2.50. The van der Waals surface area contributed by atoms with Gasteiger partial charge in [0.15, 0.2) is 43.3 Å². The van der Waals surface area contributed by atoms with Crippen LogP contribution < -0.4 is 0 Å². The lowest BCUT2D eigenvalue weighted by atomic mass is 9.95. The first-order valence-corrected chi connectivity index (χ1v) is 35.6. The minimum Gasteiger partial charge on any atom is -0.459 e. The summed E-state index contributed by atoms with van der Waals surface area (Å²) >= 11 is 0. The Hall–Kier alpha value is -8.55. The summed E-state index contributed by atoms with van der Waals surface area (Å²) in [5.41, 5.74) is 2.25. The molecule has 3 fully saturated rings. The van der Waals surface area contributed by atoms with Crippen LogP contribution in [0.3, 0.4) is 0 Å². The molecule has 10 rings (SSSR count). The number of carbonyl (C=O) groups excluding carboxylic acids is 5. The molecule has 504 valence electrons. The van der Waals surface area contributed by atoms with Crippen molar-refractivity contribution in [3.63, 3.8) is 0 Å². The summed E-state index contributed by atoms with van der Waals surface area (Å²) in [4.78, 5) is 73.1. The third-order valence-corrected chi connectivity index (χ3v) is 17.8. The van der Waals surface area contributed by atoms with Gasteiger partial charge in [0.05, 0.1) is 60.3 Å². The van der Waals surface area contributed by atoms with E-state index in [1.165, 1.54) is 54.6 Å². The van der Waals surface area contributed by atoms with Crippen LogP contribution in [0.4, 0.5) is 0 Å². The summed E-state index contributed by atoms with van der Waals surface area (Å²) in [6, 6.07) is 59.9. The van der Waals surface area contributed by atoms with E-state index < -0.39 is 137 Å². The van der Waals surface area contributed by atoms with Crippen LogP contribution >= 0.6 is 0 Å². The minimum absolute atomic E-state index is 0.0376. The molecule has 3 aliphatic heterocycles. The van der Waals surface area contributed by atoms with Crippen LogP contribution in [0.1, 0.15) is 69.8 Å². The van der Waals surface area contributed by atoms with E-state index in [0.29, 0.717) is 6.04 Å². The van der Waals surface area contributed by atoms with Crippen molar-refractivity contribution in [3.05, 3.63) is 264 Å². The van der Waals surface area contributed by atoms with Crippen LogP contribution in [-0.2, 0) is 79.5 Å². The number of hydrogen-bond acceptors (Lipinski definition) is 20. The van der Waals surface area contributed by atoms with Gasteiger partial charge in [-0.2, -0.15) is 0 Å². The molecular weight excluding hydrogens is 1250 g/mol. The highest BCUT2D eigenvalue weighted by molar-refractivity contribution is 6.76. The molecule has 7 aromatic rings. The van der Waals surface area contributed by atoms with E-state index in [1.807, 2.05) is 60.7 Å². The molecule has 0 bridgehead atoms. The van der Waals surface area contributed by atoms with Crippen molar-refractivity contribution < 1.29 is 95.4 Å². The summed E-state index contributed by atoms with van der Waals surface area (Å²) in [6.07, 6.45) is -21.5. The molecule has 1 N–H and O–H groups in total. The maximum Gasteiger partial charge on any atom is 0.338 e. The predicted octanol–water partition coefficient (Wildman–Crippen LogP) is 10.8. The summed E-state index contributed by atoms with van der Waals surface area (Å²) in [6.45, 7) is 11.5. The first-order chi connectivity index (χ1) is 46.6. The van der Waals surface area contributed by atoms with Crippen molar-refractivity contribution in [1.82, 2.24) is 0 Å². The highest BCUT2D eigenvalue weighted by Crippen LogP contribution is 2.39. The molecule has 20 nitrogen and oxygen atoms in total. The molecule has 0 amide bonds. The molecule has 3 aliphatic rings. The minimum atomic E-state index is -1.90. The Morgan fingerprint density at radius 1 is 0.427 bits per heavy atom. The van der Waals surface area contributed by atoms with E-state index in [1.54, 1.807) is 110 Å². The number of hydrogen-bond donors (Lipinski definition) is 1. The summed E-state index contributed by atoms with van der Waals surface area (Å²) in [5, 5.41) is 12.7. The largest absolute Gasteiger partial charge is 0.459 e. The van der Waals surface area contributed by atoms with Gasteiger partial charge in [0.1, 0.15) is 49.3 Å². The zero-order valence-electron chi connectivity index (χ0n) is 53.8. The van der Waals surface area contributed by atoms with Gasteiger partial charge in [0.25, 0.3) is 0 Å². The fourth-order valence-electron chi connectivity index (χ4n) is 11.1. The van der Waals surface area contributed by atoms with Crippen molar-refractivity contribution in [3.8, 4) is 0 Å². The Labute approximate surface area is 559 Å². The smallest absolute Gasteiger partial charge is 0.338 e. The molecule has 15 atom stereocenters. The zero-order valence-corrected chi connectivity index (χ0v) is 54.8. The molecule has 96 heavy (non-hydrogen) atoms. The Morgan fingerprint density at radius 3 is 1.31 bits per heavy atom. The molecule has 21 heteroatoms. The molecule has 3 heterocycles. The molecule has 7 aromatic carbocycles. The van der Waals surface area contributed by atoms with Crippen molar-refractivity contribution >= 4 is 37.9 Å². The molecule has 0 saturated carbocycles. The third kappa shape index (κ3) is 19.1. The van der Waals surface area contributed by atoms with Crippen molar-refractivity contribution in [1.29, 1.82) is 0 Å². The van der Waals surface area contributed by atoms with Crippen LogP contribution in [0.15, 0.2) is 225 Å². The first kappa shape index (κ1) is 70.3. The Kier molecular flexibility index (Phi) is 25.2. The number of aliphatic hydroxyl groups excluding tert-OH is 1. The van der Waals surface area contributed by atoms with E-state index in [0.717, 1.165) is 11.1 Å². The van der Waals surface area contributed by atoms with E-state index in [4.69, 9.17) is 66.3 Å². The Bertz CT molecular complexity index is 3570. The molecule has 3 saturated heterocycles. The van der Waals surface area contributed by atoms with Crippen molar-refractivity contribution in [2.45, 2.75) is 138 Å². The molecule has 0 spiro atoms. The number of ether oxygens (including phenoxy) is 14. The summed E-state index contributed by atoms with van der Waals surface area (Å²) in [5.74, 6) is -4.37. The first-order valence-electron chi connectivity index (χ1n) is 31.9. The molecule has 0 aromatic heterocycles. The maximum absolute atomic E-state index is 14.9. The van der Waals surface area contributed by atoms with Crippen LogP contribution in [-0.4, -0.2) is 162 Å². The molecule has 0 radical (unpaired) electrons. The highest BCUT2D eigenvalue weighted by atomic mass is 28.3. The lowest BCUT2D eigenvalue weighted by molar-refractivity contribution is -0.376. The van der Waals surface area contributed by atoms with E-state index in [-0.39, 0.29) is 60.9 Å². The van der Waals surface area contributed by atoms with Gasteiger partial charge in [-0.1, -0.05) is 177 Å². The van der Waals surface area contributed by atoms with E-state index >= 15 is 0 Å². The van der Waals surface area contributed by atoms with Gasteiger partial charge in [-0.25, -0.2) is 24.0 Å². The number of aliphatic hydroxyl groups is 1. The zero-order chi connectivity index (χ0) is 67.4. The SMILES string of the molecule is C=CCO[C@@H]1[C@H](O)[C@@H](O[C@@H]2[C@@H](OC(=O)c3ccccc3)[C@@H](OC(=O)c3ccccc3)[C@H](O[C@H]3[C@@H](OC(=O)c4ccccc4)[C@@H](COC(=O)c4ccccc4)O[C@@H](OCC[Si](C)(C)C)[C@@H]3OC(=O)c3ccccc3)O[C@H]2C)O[C@H](COCc2ccccc2)[C@H]1OCc1ccccc1. The second-order valence-corrected chi connectivity index (χ2v) is 30.0. The molecule has 0 unspecified atom stereocenters. The summed E-state index contributed by atoms with van der Waals surface area (Å²) < 4.78 is 92.6. The standard InChI is InChI=1S/C75H80O20Si/c1-6-42-83-63-59(76)73(88-57(47-82-45-50-28-14-7-15-29-50)61(63)85-46-51-30-16-8-17-31-51)94-60-49(2)87-75(67(93-72(81)56-40-26-13-27-41-56)64(60)91-70(79)54-36-22-11-23-37-54)95-65-62(90-69(78)53-34-20-10-21-35-53)58(48-86-68(77)52-32-18-9-19-33-52)89-74(84-43-44-96(3,4)5)66(65)92-71(80)55-38-24-12-25-39-55/h6-41,49,57-67,73-76H,1,42-48H2,2-5H3/t49-,57+,58+,59-,60-,61+,62-,63+,64+,65-,66+,67+,73+,74+,75-/m0/s1. The number of rotatable bonds is 29. The van der Waals surface area contributed by atoms with Crippen LogP contribution in [0.25, 0.3) is 0 Å². The average Bonchev–Trinajstić information content (AvgIpc) is 0.764. The topological polar surface area (TPSA) is 235 Å². The second kappa shape index (κ2) is 34.4. The molecule has 0 aliphatic carbocycles. The van der Waals surface area contributed by atoms with Gasteiger partial charge in [0.2, 0.25) is 0 Å². The predicted molar refractivity (Wildman–Crippen MR) is 352 cm³/mol. The van der Waals surface area contributed by atoms with Gasteiger partial charge >= 0.3 is 29.8 Å². The van der Waals surface area contributed by atoms with Crippen LogP contribution in [0.2, 0.25) is 25.7 Å². The fraction of sp³-hybridized carbons (Fsp3) is 0.347. The van der Waals surface area contributed by atoms with Crippen molar-refractivity contribution in [2.24, 2.45) is 0 Å². The average molecular weight is 1330 g/mol. The van der Waals surface area contributed by atoms with Gasteiger partial charge in [0, 0.05) is 14.7 Å². The van der Waals surface area contributed by atoms with E-state index in [9.17, 15) is 29.1 Å². The Balaban J connectivity index is 1.08. The lowest BCUT2D eigenvalue weighted by Crippen LogP contribution is -2.68. The molecular formula is C75H80O20Si. The van der Waals surface area contributed by atoms with Gasteiger partial charge < -0.3 is 71.4 Å².